The first-order chi connectivity index (χ1) is 3.92. The third kappa shape index (κ3) is 7.41. The number of allylic oxidation sites excluding steroid dienone is 3. The maximum absolute atomic E-state index is 12.6. The minimum atomic E-state index is -1.21. The Bertz CT molecular complexity index is 126. The summed E-state index contributed by atoms with van der Waals surface area (Å²) in [6.07, 6.45) is 3.18. The quantitative estimate of drug-likeness (QED) is 0.501. The molecule has 52 valence electrons. The molecular weight excluding hydrogens is 115 g/mol. The lowest BCUT2D eigenvalue weighted by Crippen LogP contribution is -2.05. The highest BCUT2D eigenvalue weighted by Gasteiger charge is 2.08. The molecule has 0 heterocycles. The van der Waals surface area contributed by atoms with Gasteiger partial charge in [-0.25, -0.2) is 4.39 Å². The number of halogens is 1. The zero-order valence-corrected chi connectivity index (χ0v) is 6.24. The molecule has 0 aliphatic heterocycles. The van der Waals surface area contributed by atoms with Crippen molar-refractivity contribution >= 4 is 0 Å². The molecule has 0 amide bonds. The fourth-order valence-electron chi connectivity index (χ4n) is 0.340. The van der Waals surface area contributed by atoms with E-state index in [1.807, 2.05) is 6.92 Å². The van der Waals surface area contributed by atoms with Crippen molar-refractivity contribution in [2.45, 2.75) is 26.4 Å². The smallest absolute Gasteiger partial charge is 0.123 e. The molecule has 0 aromatic rings. The Morgan fingerprint density at radius 2 is 2.00 bits per heavy atom. The van der Waals surface area contributed by atoms with Gasteiger partial charge in [0.1, 0.15) is 5.67 Å². The standard InChI is InChI=1S/C8H13F/c1-7(2)5-6-8(3,4)9/h5-6H,1H2,2-4H3/b6-5+. The van der Waals surface area contributed by atoms with Gasteiger partial charge in [0.05, 0.1) is 0 Å². The van der Waals surface area contributed by atoms with E-state index in [2.05, 4.69) is 6.58 Å². The number of hydrogen-bond acceptors (Lipinski definition) is 0. The van der Waals surface area contributed by atoms with Crippen molar-refractivity contribution in [3.63, 3.8) is 0 Å². The van der Waals surface area contributed by atoms with Gasteiger partial charge in [0.2, 0.25) is 0 Å². The van der Waals surface area contributed by atoms with Crippen LogP contribution in [0.3, 0.4) is 0 Å². The summed E-state index contributed by atoms with van der Waals surface area (Å²) in [5.41, 5.74) is -0.334. The highest BCUT2D eigenvalue weighted by atomic mass is 19.1. The van der Waals surface area contributed by atoms with Crippen molar-refractivity contribution in [2.24, 2.45) is 0 Å². The van der Waals surface area contributed by atoms with Gasteiger partial charge in [0.15, 0.2) is 0 Å². The molecule has 0 aromatic heterocycles. The van der Waals surface area contributed by atoms with E-state index in [0.717, 1.165) is 5.57 Å². The second kappa shape index (κ2) is 2.81. The molecule has 0 spiro atoms. The van der Waals surface area contributed by atoms with Crippen LogP contribution in [0.4, 0.5) is 4.39 Å². The monoisotopic (exact) mass is 128 g/mol. The SMILES string of the molecule is C=C(C)/C=C/C(C)(C)F. The van der Waals surface area contributed by atoms with E-state index in [1.165, 1.54) is 19.9 Å². The minimum absolute atomic E-state index is 0.876. The zero-order chi connectivity index (χ0) is 7.49. The molecular formula is C8H13F. The highest BCUT2D eigenvalue weighted by Crippen LogP contribution is 2.10. The molecule has 0 rings (SSSR count). The van der Waals surface area contributed by atoms with Crippen LogP contribution in [0.15, 0.2) is 24.3 Å². The first kappa shape index (κ1) is 8.41. The van der Waals surface area contributed by atoms with Gasteiger partial charge in [-0.15, -0.1) is 0 Å². The molecule has 0 aliphatic rings. The van der Waals surface area contributed by atoms with E-state index in [-0.39, 0.29) is 0 Å². The van der Waals surface area contributed by atoms with Crippen molar-refractivity contribution < 1.29 is 4.39 Å². The van der Waals surface area contributed by atoms with E-state index >= 15 is 0 Å². The topological polar surface area (TPSA) is 0 Å². The predicted octanol–water partition coefficient (Wildman–Crippen LogP) is 2.87. The van der Waals surface area contributed by atoms with E-state index in [0.29, 0.717) is 0 Å². The highest BCUT2D eigenvalue weighted by molar-refractivity contribution is 5.14. The lowest BCUT2D eigenvalue weighted by Gasteiger charge is -2.05. The van der Waals surface area contributed by atoms with Crippen LogP contribution in [-0.4, -0.2) is 5.67 Å². The third-order valence-electron chi connectivity index (χ3n) is 0.764. The molecule has 0 radical (unpaired) electrons. The second-order valence-corrected chi connectivity index (χ2v) is 2.74. The zero-order valence-electron chi connectivity index (χ0n) is 6.24. The maximum atomic E-state index is 12.6. The fourth-order valence-corrected chi connectivity index (χ4v) is 0.340. The largest absolute Gasteiger partial charge is 0.240 e. The first-order valence-electron chi connectivity index (χ1n) is 2.95. The summed E-state index contributed by atoms with van der Waals surface area (Å²) in [5, 5.41) is 0. The Kier molecular flexibility index (Phi) is 2.63. The summed E-state index contributed by atoms with van der Waals surface area (Å²) < 4.78 is 12.6. The fraction of sp³-hybridized carbons (Fsp3) is 0.500. The van der Waals surface area contributed by atoms with Gasteiger partial charge in [-0.3, -0.25) is 0 Å². The third-order valence-corrected chi connectivity index (χ3v) is 0.764. The second-order valence-electron chi connectivity index (χ2n) is 2.74. The van der Waals surface area contributed by atoms with Gasteiger partial charge < -0.3 is 0 Å². The Balaban J connectivity index is 3.86. The van der Waals surface area contributed by atoms with Crippen molar-refractivity contribution in [1.29, 1.82) is 0 Å². The van der Waals surface area contributed by atoms with Crippen LogP contribution in [-0.2, 0) is 0 Å². The molecule has 0 nitrogen and oxygen atoms in total. The maximum Gasteiger partial charge on any atom is 0.123 e. The summed E-state index contributed by atoms with van der Waals surface area (Å²) in [6.45, 7) is 8.45. The summed E-state index contributed by atoms with van der Waals surface area (Å²) in [5.74, 6) is 0. The van der Waals surface area contributed by atoms with Gasteiger partial charge in [-0.2, -0.15) is 0 Å². The van der Waals surface area contributed by atoms with Crippen molar-refractivity contribution in [1.82, 2.24) is 0 Å². The van der Waals surface area contributed by atoms with Crippen LogP contribution >= 0.6 is 0 Å². The number of rotatable bonds is 2. The van der Waals surface area contributed by atoms with Crippen molar-refractivity contribution in [3.8, 4) is 0 Å². The van der Waals surface area contributed by atoms with Crippen LogP contribution in [0.25, 0.3) is 0 Å². The van der Waals surface area contributed by atoms with Crippen LogP contribution in [0, 0.1) is 0 Å². The summed E-state index contributed by atoms with van der Waals surface area (Å²) in [7, 11) is 0. The lowest BCUT2D eigenvalue weighted by molar-refractivity contribution is 0.287. The molecule has 0 unspecified atom stereocenters. The summed E-state index contributed by atoms with van der Waals surface area (Å²) in [4.78, 5) is 0. The normalized spacial score (nSPS) is 12.4. The van der Waals surface area contributed by atoms with Gasteiger partial charge in [0.25, 0.3) is 0 Å². The molecule has 0 N–H and O–H groups in total. The van der Waals surface area contributed by atoms with Gasteiger partial charge in [0, 0.05) is 0 Å². The molecule has 1 heteroatoms. The molecule has 0 saturated heterocycles. The molecule has 0 bridgehead atoms. The predicted molar refractivity (Wildman–Crippen MR) is 39.1 cm³/mol. The molecule has 0 fully saturated rings. The lowest BCUT2D eigenvalue weighted by atomic mass is 10.1. The minimum Gasteiger partial charge on any atom is -0.240 e. The molecule has 0 aliphatic carbocycles. The van der Waals surface area contributed by atoms with Crippen molar-refractivity contribution in [3.05, 3.63) is 24.3 Å². The van der Waals surface area contributed by atoms with E-state index < -0.39 is 5.67 Å². The van der Waals surface area contributed by atoms with Crippen LogP contribution < -0.4 is 0 Å². The molecule has 0 saturated carbocycles. The Labute approximate surface area is 56.1 Å². The number of hydrogen-bond donors (Lipinski definition) is 0. The molecule has 0 aromatic carbocycles. The van der Waals surface area contributed by atoms with Crippen molar-refractivity contribution in [2.75, 3.05) is 0 Å². The average molecular weight is 128 g/mol. The summed E-state index contributed by atoms with van der Waals surface area (Å²) >= 11 is 0. The molecule has 0 atom stereocenters. The first-order valence-corrected chi connectivity index (χ1v) is 2.95. The van der Waals surface area contributed by atoms with E-state index in [1.54, 1.807) is 6.08 Å². The van der Waals surface area contributed by atoms with Crippen LogP contribution in [0.1, 0.15) is 20.8 Å². The Morgan fingerprint density at radius 3 is 2.11 bits per heavy atom. The van der Waals surface area contributed by atoms with E-state index in [9.17, 15) is 4.39 Å². The Hall–Kier alpha value is -0.590. The van der Waals surface area contributed by atoms with Crippen LogP contribution in [0.2, 0.25) is 0 Å². The number of alkyl halides is 1. The Morgan fingerprint density at radius 1 is 1.56 bits per heavy atom. The van der Waals surface area contributed by atoms with Gasteiger partial charge in [-0.05, 0) is 26.8 Å². The van der Waals surface area contributed by atoms with Crippen LogP contribution in [0.5, 0.6) is 0 Å². The summed E-state index contributed by atoms with van der Waals surface area (Å²) in [6, 6.07) is 0. The van der Waals surface area contributed by atoms with Gasteiger partial charge in [-0.1, -0.05) is 18.2 Å². The molecule has 9 heavy (non-hydrogen) atoms. The average Bonchev–Trinajstić information content (AvgIpc) is 1.59. The van der Waals surface area contributed by atoms with E-state index in [4.69, 9.17) is 0 Å². The van der Waals surface area contributed by atoms with Gasteiger partial charge >= 0.3 is 0 Å².